The second-order valence-electron chi connectivity index (χ2n) is 6.32. The van der Waals surface area contributed by atoms with Crippen molar-refractivity contribution in [2.45, 2.75) is 57.5 Å². The second kappa shape index (κ2) is 5.43. The van der Waals surface area contributed by atoms with Crippen molar-refractivity contribution in [1.29, 1.82) is 0 Å². The van der Waals surface area contributed by atoms with Gasteiger partial charge in [-0.05, 0) is 38.2 Å². The van der Waals surface area contributed by atoms with Crippen molar-refractivity contribution in [2.24, 2.45) is 0 Å². The third-order valence-electron chi connectivity index (χ3n) is 4.44. The van der Waals surface area contributed by atoms with Crippen LogP contribution in [0.15, 0.2) is 41.5 Å². The predicted octanol–water partition coefficient (Wildman–Crippen LogP) is 4.20. The van der Waals surface area contributed by atoms with Crippen molar-refractivity contribution >= 4 is 5.97 Å². The summed E-state index contributed by atoms with van der Waals surface area (Å²) in [4.78, 5) is 12.2. The molecule has 3 rings (SSSR count). The quantitative estimate of drug-likeness (QED) is 0.595. The van der Waals surface area contributed by atoms with E-state index in [0.717, 1.165) is 31.3 Å². The van der Waals surface area contributed by atoms with E-state index in [1.54, 1.807) is 0 Å². The van der Waals surface area contributed by atoms with Crippen LogP contribution in [0.4, 0.5) is 0 Å². The number of esters is 1. The molecule has 1 aromatic carbocycles. The fourth-order valence-corrected chi connectivity index (χ4v) is 3.44. The third-order valence-corrected chi connectivity index (χ3v) is 4.44. The van der Waals surface area contributed by atoms with Gasteiger partial charge in [-0.2, -0.15) is 0 Å². The summed E-state index contributed by atoms with van der Waals surface area (Å²) in [6.45, 7) is 2.06. The minimum absolute atomic E-state index is 0.0691. The van der Waals surface area contributed by atoms with Gasteiger partial charge in [0.05, 0.1) is 0 Å². The first kappa shape index (κ1) is 13.4. The standard InChI is InChI=1S/C18H22O2/c1-18(12-14-8-4-2-5-9-14)13-16(17(19)20-18)15-10-6-3-7-11-15/h2,4-5,8-9H,3,6-7,10-13H2,1H3. The molecule has 20 heavy (non-hydrogen) atoms. The molecule has 0 amide bonds. The topological polar surface area (TPSA) is 26.3 Å². The average Bonchev–Trinajstić information content (AvgIpc) is 2.76. The van der Waals surface area contributed by atoms with E-state index < -0.39 is 0 Å². The number of hydrogen-bond donors (Lipinski definition) is 0. The Morgan fingerprint density at radius 3 is 2.50 bits per heavy atom. The molecule has 1 saturated heterocycles. The van der Waals surface area contributed by atoms with Crippen LogP contribution in [0, 0.1) is 0 Å². The zero-order valence-corrected chi connectivity index (χ0v) is 12.2. The molecule has 1 aliphatic heterocycles. The molecule has 106 valence electrons. The van der Waals surface area contributed by atoms with Crippen LogP contribution in [0.1, 0.15) is 51.0 Å². The SMILES string of the molecule is CC1(Cc2ccccc2)CC(=C2CCCCC2)C(=O)O1. The number of carbonyl (C=O) groups is 1. The highest BCUT2D eigenvalue weighted by atomic mass is 16.6. The highest BCUT2D eigenvalue weighted by molar-refractivity contribution is 5.92. The van der Waals surface area contributed by atoms with Crippen LogP contribution in [0.3, 0.4) is 0 Å². The van der Waals surface area contributed by atoms with Gasteiger partial charge in [0.1, 0.15) is 5.60 Å². The lowest BCUT2D eigenvalue weighted by Gasteiger charge is -2.22. The number of hydrogen-bond acceptors (Lipinski definition) is 2. The minimum atomic E-state index is -0.363. The molecule has 1 atom stereocenters. The Balaban J connectivity index is 1.78. The van der Waals surface area contributed by atoms with Gasteiger partial charge in [-0.3, -0.25) is 0 Å². The third kappa shape index (κ3) is 2.79. The van der Waals surface area contributed by atoms with Gasteiger partial charge in [0.15, 0.2) is 0 Å². The molecule has 0 radical (unpaired) electrons. The maximum absolute atomic E-state index is 12.2. The fourth-order valence-electron chi connectivity index (χ4n) is 3.44. The summed E-state index contributed by atoms with van der Waals surface area (Å²) in [5, 5.41) is 0. The molecular formula is C18H22O2. The number of cyclic esters (lactones) is 1. The van der Waals surface area contributed by atoms with Crippen LogP contribution >= 0.6 is 0 Å². The van der Waals surface area contributed by atoms with Crippen molar-refractivity contribution in [2.75, 3.05) is 0 Å². The van der Waals surface area contributed by atoms with Gasteiger partial charge >= 0.3 is 5.97 Å². The van der Waals surface area contributed by atoms with Gasteiger partial charge in [-0.25, -0.2) is 4.79 Å². The molecule has 0 N–H and O–H groups in total. The summed E-state index contributed by atoms with van der Waals surface area (Å²) in [6, 6.07) is 10.3. The summed E-state index contributed by atoms with van der Waals surface area (Å²) < 4.78 is 5.72. The smallest absolute Gasteiger partial charge is 0.334 e. The minimum Gasteiger partial charge on any atom is -0.455 e. The molecule has 1 unspecified atom stereocenters. The summed E-state index contributed by atoms with van der Waals surface area (Å²) in [5.41, 5.74) is 3.21. The van der Waals surface area contributed by atoms with Crippen LogP contribution in [-0.2, 0) is 16.0 Å². The lowest BCUT2D eigenvalue weighted by Crippen LogP contribution is -2.26. The Morgan fingerprint density at radius 1 is 1.10 bits per heavy atom. The Morgan fingerprint density at radius 2 is 1.80 bits per heavy atom. The molecule has 2 heteroatoms. The van der Waals surface area contributed by atoms with Crippen LogP contribution in [0.25, 0.3) is 0 Å². The highest BCUT2D eigenvalue weighted by Crippen LogP contribution is 2.38. The number of benzene rings is 1. The lowest BCUT2D eigenvalue weighted by atomic mass is 9.86. The van der Waals surface area contributed by atoms with E-state index in [1.165, 1.54) is 30.4 Å². The predicted molar refractivity (Wildman–Crippen MR) is 79.4 cm³/mol. The summed E-state index contributed by atoms with van der Waals surface area (Å²) >= 11 is 0. The van der Waals surface area contributed by atoms with Crippen LogP contribution in [-0.4, -0.2) is 11.6 Å². The highest BCUT2D eigenvalue weighted by Gasteiger charge is 2.40. The van der Waals surface area contributed by atoms with E-state index in [-0.39, 0.29) is 11.6 Å². The van der Waals surface area contributed by atoms with E-state index in [9.17, 15) is 4.79 Å². The zero-order chi connectivity index (χ0) is 14.0. The Hall–Kier alpha value is -1.57. The van der Waals surface area contributed by atoms with Gasteiger partial charge in [-0.1, -0.05) is 42.3 Å². The summed E-state index contributed by atoms with van der Waals surface area (Å²) in [5.74, 6) is -0.0691. The van der Waals surface area contributed by atoms with Crippen LogP contribution < -0.4 is 0 Å². The van der Waals surface area contributed by atoms with Gasteiger partial charge in [0.2, 0.25) is 0 Å². The van der Waals surface area contributed by atoms with Gasteiger partial charge in [-0.15, -0.1) is 0 Å². The van der Waals surface area contributed by atoms with E-state index in [1.807, 2.05) is 18.2 Å². The normalized spacial score (nSPS) is 26.8. The maximum Gasteiger partial charge on any atom is 0.334 e. The molecule has 1 saturated carbocycles. The van der Waals surface area contributed by atoms with Gasteiger partial charge in [0.25, 0.3) is 0 Å². The molecule has 0 aromatic heterocycles. The molecule has 2 fully saturated rings. The molecule has 2 nitrogen and oxygen atoms in total. The molecule has 2 aliphatic rings. The first-order valence-electron chi connectivity index (χ1n) is 7.64. The number of ether oxygens (including phenoxy) is 1. The van der Waals surface area contributed by atoms with E-state index in [0.29, 0.717) is 0 Å². The lowest BCUT2D eigenvalue weighted by molar-refractivity contribution is -0.145. The number of allylic oxidation sites excluding steroid dienone is 1. The summed E-state index contributed by atoms with van der Waals surface area (Å²) in [7, 11) is 0. The molecule has 1 heterocycles. The maximum atomic E-state index is 12.2. The fraction of sp³-hybridized carbons (Fsp3) is 0.500. The van der Waals surface area contributed by atoms with Crippen molar-refractivity contribution < 1.29 is 9.53 Å². The number of carbonyl (C=O) groups excluding carboxylic acids is 1. The van der Waals surface area contributed by atoms with Crippen molar-refractivity contribution in [1.82, 2.24) is 0 Å². The largest absolute Gasteiger partial charge is 0.455 e. The van der Waals surface area contributed by atoms with Crippen molar-refractivity contribution in [3.8, 4) is 0 Å². The molecule has 1 aliphatic carbocycles. The second-order valence-corrected chi connectivity index (χ2v) is 6.32. The molecular weight excluding hydrogens is 248 g/mol. The van der Waals surface area contributed by atoms with E-state index >= 15 is 0 Å². The molecule has 0 bridgehead atoms. The first-order valence-corrected chi connectivity index (χ1v) is 7.64. The zero-order valence-electron chi connectivity index (χ0n) is 12.2. The summed E-state index contributed by atoms with van der Waals surface area (Å²) in [6.07, 6.45) is 7.50. The van der Waals surface area contributed by atoms with Crippen molar-refractivity contribution in [3.05, 3.63) is 47.0 Å². The van der Waals surface area contributed by atoms with E-state index in [4.69, 9.17) is 4.74 Å². The number of rotatable bonds is 2. The van der Waals surface area contributed by atoms with Gasteiger partial charge < -0.3 is 4.74 Å². The van der Waals surface area contributed by atoms with E-state index in [2.05, 4.69) is 19.1 Å². The monoisotopic (exact) mass is 270 g/mol. The first-order chi connectivity index (χ1) is 9.66. The molecule has 0 spiro atoms. The Kier molecular flexibility index (Phi) is 3.64. The Bertz CT molecular complexity index is 522. The van der Waals surface area contributed by atoms with Crippen LogP contribution in [0.5, 0.6) is 0 Å². The average molecular weight is 270 g/mol. The molecule has 1 aromatic rings. The van der Waals surface area contributed by atoms with Gasteiger partial charge in [0, 0.05) is 18.4 Å². The van der Waals surface area contributed by atoms with Crippen molar-refractivity contribution in [3.63, 3.8) is 0 Å². The Labute approximate surface area is 120 Å². The van der Waals surface area contributed by atoms with Crippen LogP contribution in [0.2, 0.25) is 0 Å².